The Morgan fingerprint density at radius 3 is 2.41 bits per heavy atom. The van der Waals surface area contributed by atoms with Crippen molar-refractivity contribution >= 4 is 39.4 Å². The third-order valence-corrected chi connectivity index (χ3v) is 5.64. The van der Waals surface area contributed by atoms with E-state index in [1.54, 1.807) is 13.2 Å². The molecular formula is C17H17NO7S2. The van der Waals surface area contributed by atoms with Crippen LogP contribution in [-0.4, -0.2) is 43.4 Å². The summed E-state index contributed by atoms with van der Waals surface area (Å²) in [5, 5.41) is 17.7. The van der Waals surface area contributed by atoms with Crippen molar-refractivity contribution in [2.45, 2.75) is 16.7 Å². The Balaban J connectivity index is 2.30. The highest BCUT2D eigenvalue weighted by Gasteiger charge is 2.18. The summed E-state index contributed by atoms with van der Waals surface area (Å²) in [7, 11) is -3.93. The Kier molecular flexibility index (Phi) is 6.34. The van der Waals surface area contributed by atoms with Gasteiger partial charge in [0.1, 0.15) is 5.75 Å². The molecule has 0 aliphatic rings. The van der Waals surface area contributed by atoms with Crippen molar-refractivity contribution in [3.05, 3.63) is 47.5 Å². The van der Waals surface area contributed by atoms with Crippen molar-refractivity contribution in [3.8, 4) is 5.75 Å². The molecule has 2 aromatic carbocycles. The summed E-state index contributed by atoms with van der Waals surface area (Å²) in [5.41, 5.74) is 0.778. The second-order valence-electron chi connectivity index (χ2n) is 5.44. The molecule has 0 heterocycles. The van der Waals surface area contributed by atoms with Crippen LogP contribution in [0.25, 0.3) is 0 Å². The van der Waals surface area contributed by atoms with Gasteiger partial charge in [0.25, 0.3) is 10.0 Å². The van der Waals surface area contributed by atoms with Crippen LogP contribution in [0.4, 0.5) is 5.69 Å². The Hall–Kier alpha value is -2.72. The van der Waals surface area contributed by atoms with Crippen molar-refractivity contribution in [1.29, 1.82) is 0 Å². The van der Waals surface area contributed by atoms with Crippen LogP contribution in [0.15, 0.2) is 46.2 Å². The summed E-state index contributed by atoms with van der Waals surface area (Å²) in [6.45, 7) is 1.07. The van der Waals surface area contributed by atoms with Gasteiger partial charge in [-0.25, -0.2) is 18.0 Å². The second-order valence-corrected chi connectivity index (χ2v) is 7.97. The van der Waals surface area contributed by atoms with Crippen molar-refractivity contribution in [2.24, 2.45) is 0 Å². The lowest BCUT2D eigenvalue weighted by Crippen LogP contribution is -2.15. The van der Waals surface area contributed by atoms with E-state index in [2.05, 4.69) is 4.72 Å². The molecule has 0 fully saturated rings. The number of aliphatic carboxylic acids is 1. The number of carboxylic acid groups (broad SMARTS) is 2. The van der Waals surface area contributed by atoms with Crippen molar-refractivity contribution in [1.82, 2.24) is 0 Å². The number of hydrogen-bond acceptors (Lipinski definition) is 6. The minimum Gasteiger partial charge on any atom is -0.482 e. The maximum Gasteiger partial charge on any atom is 0.341 e. The number of anilines is 1. The number of hydrogen-bond donors (Lipinski definition) is 3. The largest absolute Gasteiger partial charge is 0.482 e. The van der Waals surface area contributed by atoms with Crippen molar-refractivity contribution in [2.75, 3.05) is 17.6 Å². The van der Waals surface area contributed by atoms with Gasteiger partial charge in [-0.05, 0) is 55.1 Å². The molecule has 10 heteroatoms. The normalized spacial score (nSPS) is 11.0. The quantitative estimate of drug-likeness (QED) is 0.565. The van der Waals surface area contributed by atoms with Gasteiger partial charge < -0.3 is 14.9 Å². The minimum absolute atomic E-state index is 0.0305. The van der Waals surface area contributed by atoms with E-state index in [0.717, 1.165) is 0 Å². The van der Waals surface area contributed by atoms with E-state index in [-0.39, 0.29) is 21.9 Å². The summed E-state index contributed by atoms with van der Waals surface area (Å²) in [4.78, 5) is 22.1. The lowest BCUT2D eigenvalue weighted by atomic mass is 10.2. The molecule has 0 radical (unpaired) electrons. The number of thioether (sulfide) groups is 1. The molecule has 0 aromatic heterocycles. The summed E-state index contributed by atoms with van der Waals surface area (Å²) in [6, 6.07) is 8.15. The Morgan fingerprint density at radius 2 is 1.85 bits per heavy atom. The van der Waals surface area contributed by atoms with Gasteiger partial charge in [0.05, 0.1) is 16.1 Å². The van der Waals surface area contributed by atoms with Crippen LogP contribution in [0.5, 0.6) is 5.75 Å². The van der Waals surface area contributed by atoms with E-state index in [1.807, 2.05) is 0 Å². The molecule has 0 atom stereocenters. The van der Waals surface area contributed by atoms with Gasteiger partial charge in [-0.1, -0.05) is 0 Å². The topological polar surface area (TPSA) is 130 Å². The molecule has 0 amide bonds. The maximum atomic E-state index is 12.6. The number of benzene rings is 2. The predicted molar refractivity (Wildman–Crippen MR) is 100 cm³/mol. The number of carboxylic acids is 2. The molecule has 0 aliphatic heterocycles. The fraction of sp³-hybridized carbons (Fsp3) is 0.176. The van der Waals surface area contributed by atoms with Gasteiger partial charge in [0.15, 0.2) is 6.61 Å². The zero-order valence-electron chi connectivity index (χ0n) is 14.4. The fourth-order valence-electron chi connectivity index (χ4n) is 2.20. The van der Waals surface area contributed by atoms with E-state index < -0.39 is 28.6 Å². The van der Waals surface area contributed by atoms with Crippen LogP contribution < -0.4 is 9.46 Å². The van der Waals surface area contributed by atoms with E-state index in [9.17, 15) is 18.0 Å². The Morgan fingerprint density at radius 1 is 1.15 bits per heavy atom. The number of ether oxygens (including phenoxy) is 1. The highest BCUT2D eigenvalue weighted by atomic mass is 32.2. The van der Waals surface area contributed by atoms with Gasteiger partial charge >= 0.3 is 11.9 Å². The minimum atomic E-state index is -3.93. The molecule has 27 heavy (non-hydrogen) atoms. The van der Waals surface area contributed by atoms with Crippen LogP contribution >= 0.6 is 11.8 Å². The third kappa shape index (κ3) is 5.14. The molecule has 0 unspecified atom stereocenters. The second kappa shape index (κ2) is 8.31. The SMILES string of the molecule is CSc1cc(C(=O)O)ccc1NS(=O)(=O)c1ccc(OCC(=O)O)c(C)c1. The van der Waals surface area contributed by atoms with Crippen molar-refractivity contribution < 1.29 is 33.0 Å². The summed E-state index contributed by atoms with van der Waals surface area (Å²) < 4.78 is 32.8. The van der Waals surface area contributed by atoms with Crippen LogP contribution in [-0.2, 0) is 14.8 Å². The molecule has 2 rings (SSSR count). The molecule has 144 valence electrons. The lowest BCUT2D eigenvalue weighted by Gasteiger charge is -2.13. The molecule has 0 spiro atoms. The first-order valence-corrected chi connectivity index (χ1v) is 10.2. The number of nitrogens with one attached hydrogen (secondary N) is 1. The summed E-state index contributed by atoms with van der Waals surface area (Å²) in [5.74, 6) is -1.97. The van der Waals surface area contributed by atoms with Crippen molar-refractivity contribution in [3.63, 3.8) is 0 Å². The highest BCUT2D eigenvalue weighted by Crippen LogP contribution is 2.30. The number of carbonyl (C=O) groups is 2. The van der Waals surface area contributed by atoms with Crippen LogP contribution in [0.3, 0.4) is 0 Å². The molecule has 2 aromatic rings. The standard InChI is InChI=1S/C17H17NO7S2/c1-10-7-12(4-6-14(10)25-9-16(19)20)27(23,24)18-13-5-3-11(17(21)22)8-15(13)26-2/h3-8,18H,9H2,1-2H3,(H,19,20)(H,21,22). The van der Waals surface area contributed by atoms with E-state index in [4.69, 9.17) is 14.9 Å². The van der Waals surface area contributed by atoms with E-state index >= 15 is 0 Å². The van der Waals surface area contributed by atoms with Gasteiger partial charge in [-0.3, -0.25) is 4.72 Å². The van der Waals surface area contributed by atoms with Crippen LogP contribution in [0, 0.1) is 6.92 Å². The first-order chi connectivity index (χ1) is 12.6. The molecule has 3 N–H and O–H groups in total. The fourth-order valence-corrected chi connectivity index (χ4v) is 4.02. The monoisotopic (exact) mass is 411 g/mol. The Bertz CT molecular complexity index is 987. The maximum absolute atomic E-state index is 12.6. The lowest BCUT2D eigenvalue weighted by molar-refractivity contribution is -0.139. The molecule has 0 bridgehead atoms. The van der Waals surface area contributed by atoms with Gasteiger partial charge in [0, 0.05) is 4.90 Å². The number of aryl methyl sites for hydroxylation is 1. The third-order valence-electron chi connectivity index (χ3n) is 3.50. The summed E-state index contributed by atoms with van der Waals surface area (Å²) in [6.07, 6.45) is 1.71. The first-order valence-electron chi connectivity index (χ1n) is 7.53. The van der Waals surface area contributed by atoms with Gasteiger partial charge in [-0.15, -0.1) is 11.8 Å². The molecule has 0 saturated heterocycles. The van der Waals surface area contributed by atoms with Crippen LogP contribution in [0.1, 0.15) is 15.9 Å². The summed E-state index contributed by atoms with van der Waals surface area (Å²) >= 11 is 1.21. The molecule has 0 saturated carbocycles. The molecular weight excluding hydrogens is 394 g/mol. The predicted octanol–water partition coefficient (Wildman–Crippen LogP) is 2.68. The number of sulfonamides is 1. The molecule has 0 aliphatic carbocycles. The molecule has 8 nitrogen and oxygen atoms in total. The Labute approximate surface area is 160 Å². The zero-order valence-corrected chi connectivity index (χ0v) is 16.1. The highest BCUT2D eigenvalue weighted by molar-refractivity contribution is 7.99. The first kappa shape index (κ1) is 20.6. The van der Waals surface area contributed by atoms with E-state index in [1.165, 1.54) is 48.2 Å². The number of rotatable bonds is 8. The van der Waals surface area contributed by atoms with Crippen LogP contribution in [0.2, 0.25) is 0 Å². The average Bonchev–Trinajstić information content (AvgIpc) is 2.60. The zero-order chi connectivity index (χ0) is 20.2. The van der Waals surface area contributed by atoms with Gasteiger partial charge in [0.2, 0.25) is 0 Å². The smallest absolute Gasteiger partial charge is 0.341 e. The van der Waals surface area contributed by atoms with Gasteiger partial charge in [-0.2, -0.15) is 0 Å². The number of aromatic carboxylic acids is 1. The average molecular weight is 411 g/mol. The van der Waals surface area contributed by atoms with E-state index in [0.29, 0.717) is 10.5 Å².